The Balaban J connectivity index is 2.00. The van der Waals surface area contributed by atoms with Gasteiger partial charge in [0.25, 0.3) is 5.91 Å². The van der Waals surface area contributed by atoms with Gasteiger partial charge in [-0.1, -0.05) is 17.0 Å². The molecule has 5 nitrogen and oxygen atoms in total. The Morgan fingerprint density at radius 1 is 1.33 bits per heavy atom. The highest BCUT2D eigenvalue weighted by Gasteiger charge is 2.11. The van der Waals surface area contributed by atoms with E-state index in [4.69, 9.17) is 9.63 Å². The van der Waals surface area contributed by atoms with Gasteiger partial charge in [-0.2, -0.15) is 0 Å². The van der Waals surface area contributed by atoms with Gasteiger partial charge in [0.2, 0.25) is 0 Å². The van der Waals surface area contributed by atoms with Crippen molar-refractivity contribution >= 4 is 5.91 Å². The Morgan fingerprint density at radius 2 is 2.05 bits per heavy atom. The van der Waals surface area contributed by atoms with Gasteiger partial charge in [-0.25, -0.2) is 0 Å². The molecule has 108 valence electrons. The van der Waals surface area contributed by atoms with Gasteiger partial charge in [-0.15, -0.1) is 0 Å². The molecule has 0 radical (unpaired) electrons. The lowest BCUT2D eigenvalue weighted by atomic mass is 10.1. The minimum atomic E-state index is -0.181. The third-order valence-electron chi connectivity index (χ3n) is 3.07. The van der Waals surface area contributed by atoms with Crippen molar-refractivity contribution in [3.05, 3.63) is 52.4 Å². The quantitative estimate of drug-likeness (QED) is 0.839. The van der Waals surface area contributed by atoms with E-state index < -0.39 is 0 Å². The molecule has 1 aromatic carbocycles. The maximum atomic E-state index is 12.0. The zero-order valence-electron chi connectivity index (χ0n) is 11.9. The first-order chi connectivity index (χ1) is 10.1. The fourth-order valence-corrected chi connectivity index (χ4v) is 1.87. The Hall–Kier alpha value is -2.58. The van der Waals surface area contributed by atoms with Crippen LogP contribution in [-0.4, -0.2) is 22.8 Å². The lowest BCUT2D eigenvalue weighted by molar-refractivity contribution is 0.0951. The lowest BCUT2D eigenvalue weighted by Gasteiger charge is -2.05. The van der Waals surface area contributed by atoms with Crippen LogP contribution in [0.4, 0.5) is 0 Å². The minimum absolute atomic E-state index is 0.170. The molecule has 0 unspecified atom stereocenters. The number of nitrogens with one attached hydrogen (secondary N) is 1. The zero-order chi connectivity index (χ0) is 15.2. The number of aliphatic hydroxyl groups is 1. The van der Waals surface area contributed by atoms with Gasteiger partial charge >= 0.3 is 0 Å². The van der Waals surface area contributed by atoms with E-state index in [-0.39, 0.29) is 12.5 Å². The molecule has 0 aliphatic carbocycles. The Kier molecular flexibility index (Phi) is 4.75. The summed E-state index contributed by atoms with van der Waals surface area (Å²) in [5.41, 5.74) is 2.99. The molecule has 5 heteroatoms. The first-order valence-electron chi connectivity index (χ1n) is 6.51. The summed E-state index contributed by atoms with van der Waals surface area (Å²) in [4.78, 5) is 12.0. The largest absolute Gasteiger partial charge is 0.384 e. The molecular formula is C16H16N2O3. The zero-order valence-corrected chi connectivity index (χ0v) is 11.9. The van der Waals surface area contributed by atoms with Crippen molar-refractivity contribution in [2.24, 2.45) is 0 Å². The van der Waals surface area contributed by atoms with Crippen LogP contribution in [0.1, 0.15) is 32.9 Å². The second-order valence-electron chi connectivity index (χ2n) is 4.52. The number of nitrogens with zero attached hydrogens (tertiary/aromatic N) is 1. The molecule has 1 aromatic heterocycles. The predicted octanol–water partition coefficient (Wildman–Crippen LogP) is 1.57. The second-order valence-corrected chi connectivity index (χ2v) is 4.52. The summed E-state index contributed by atoms with van der Waals surface area (Å²) in [6.07, 6.45) is 0. The standard InChI is InChI=1S/C16H16N2O3/c1-11-15(12(2)21-18-11)10-17-16(20)14-7-5-13(6-8-14)4-3-9-19/h5-8,19H,9-10H2,1-2H3,(H,17,20). The number of carbonyl (C=O) groups is 1. The van der Waals surface area contributed by atoms with E-state index in [2.05, 4.69) is 22.3 Å². The molecule has 0 fully saturated rings. The molecule has 0 saturated carbocycles. The van der Waals surface area contributed by atoms with E-state index in [1.54, 1.807) is 24.3 Å². The number of hydrogen-bond acceptors (Lipinski definition) is 4. The molecule has 2 aromatic rings. The maximum absolute atomic E-state index is 12.0. The number of aliphatic hydroxyl groups excluding tert-OH is 1. The van der Waals surface area contributed by atoms with Crippen LogP contribution < -0.4 is 5.32 Å². The summed E-state index contributed by atoms with van der Waals surface area (Å²) in [5.74, 6) is 5.88. The van der Waals surface area contributed by atoms with Crippen molar-refractivity contribution < 1.29 is 14.4 Å². The van der Waals surface area contributed by atoms with Crippen LogP contribution in [0.2, 0.25) is 0 Å². The molecule has 1 amide bonds. The summed E-state index contributed by atoms with van der Waals surface area (Å²) < 4.78 is 5.05. The van der Waals surface area contributed by atoms with Crippen LogP contribution in [0.3, 0.4) is 0 Å². The molecule has 0 aliphatic heterocycles. The third kappa shape index (κ3) is 3.71. The molecule has 21 heavy (non-hydrogen) atoms. The summed E-state index contributed by atoms with van der Waals surface area (Å²) in [5, 5.41) is 15.3. The number of carbonyl (C=O) groups excluding carboxylic acids is 1. The summed E-state index contributed by atoms with van der Waals surface area (Å²) in [6.45, 7) is 3.86. The van der Waals surface area contributed by atoms with Crippen molar-refractivity contribution in [3.8, 4) is 11.8 Å². The van der Waals surface area contributed by atoms with Crippen LogP contribution in [0, 0.1) is 25.7 Å². The topological polar surface area (TPSA) is 75.4 Å². The number of benzene rings is 1. The molecule has 0 spiro atoms. The predicted molar refractivity (Wildman–Crippen MR) is 77.6 cm³/mol. The molecule has 0 atom stereocenters. The fraction of sp³-hybridized carbons (Fsp3) is 0.250. The summed E-state index contributed by atoms with van der Waals surface area (Å²) in [7, 11) is 0. The Bertz CT molecular complexity index is 671. The van der Waals surface area contributed by atoms with Crippen molar-refractivity contribution in [2.75, 3.05) is 6.61 Å². The lowest BCUT2D eigenvalue weighted by Crippen LogP contribution is -2.23. The van der Waals surface area contributed by atoms with E-state index in [0.29, 0.717) is 17.9 Å². The van der Waals surface area contributed by atoms with Gasteiger partial charge in [-0.3, -0.25) is 4.79 Å². The number of rotatable bonds is 3. The summed E-state index contributed by atoms with van der Waals surface area (Å²) >= 11 is 0. The van der Waals surface area contributed by atoms with Gasteiger partial charge in [0, 0.05) is 23.2 Å². The number of hydrogen-bond donors (Lipinski definition) is 2. The SMILES string of the molecule is Cc1noc(C)c1CNC(=O)c1ccc(C#CCO)cc1. The molecule has 0 saturated heterocycles. The van der Waals surface area contributed by atoms with Crippen molar-refractivity contribution in [1.82, 2.24) is 10.5 Å². The number of aromatic nitrogens is 1. The smallest absolute Gasteiger partial charge is 0.251 e. The molecule has 2 rings (SSSR count). The van der Waals surface area contributed by atoms with Gasteiger partial charge in [-0.05, 0) is 38.1 Å². The van der Waals surface area contributed by atoms with Gasteiger partial charge < -0.3 is 14.9 Å². The van der Waals surface area contributed by atoms with E-state index in [1.165, 1.54) is 0 Å². The Labute approximate surface area is 123 Å². The minimum Gasteiger partial charge on any atom is -0.384 e. The molecule has 0 bridgehead atoms. The highest BCUT2D eigenvalue weighted by Crippen LogP contribution is 2.12. The first kappa shape index (κ1) is 14.8. The van der Waals surface area contributed by atoms with Crippen LogP contribution in [0.5, 0.6) is 0 Å². The highest BCUT2D eigenvalue weighted by molar-refractivity contribution is 5.94. The van der Waals surface area contributed by atoms with Crippen LogP contribution in [0.15, 0.2) is 28.8 Å². The number of amides is 1. The molecule has 2 N–H and O–H groups in total. The van der Waals surface area contributed by atoms with Crippen molar-refractivity contribution in [1.29, 1.82) is 0 Å². The van der Waals surface area contributed by atoms with Crippen LogP contribution in [-0.2, 0) is 6.54 Å². The molecular weight excluding hydrogens is 268 g/mol. The van der Waals surface area contributed by atoms with Gasteiger partial charge in [0.15, 0.2) is 0 Å². The first-order valence-corrected chi connectivity index (χ1v) is 6.51. The monoisotopic (exact) mass is 284 g/mol. The number of aryl methyl sites for hydroxylation is 2. The van der Waals surface area contributed by atoms with Crippen LogP contribution >= 0.6 is 0 Å². The van der Waals surface area contributed by atoms with E-state index >= 15 is 0 Å². The average Bonchev–Trinajstić information content (AvgIpc) is 2.82. The third-order valence-corrected chi connectivity index (χ3v) is 3.07. The fourth-order valence-electron chi connectivity index (χ4n) is 1.87. The molecule has 0 aliphatic rings. The van der Waals surface area contributed by atoms with Crippen molar-refractivity contribution in [2.45, 2.75) is 20.4 Å². The van der Waals surface area contributed by atoms with Gasteiger partial charge in [0.1, 0.15) is 12.4 Å². The normalized spacial score (nSPS) is 9.86. The average molecular weight is 284 g/mol. The van der Waals surface area contributed by atoms with E-state index in [0.717, 1.165) is 16.8 Å². The van der Waals surface area contributed by atoms with E-state index in [9.17, 15) is 4.79 Å². The maximum Gasteiger partial charge on any atom is 0.251 e. The summed E-state index contributed by atoms with van der Waals surface area (Å²) in [6, 6.07) is 6.88. The molecule has 1 heterocycles. The van der Waals surface area contributed by atoms with E-state index in [1.807, 2.05) is 13.8 Å². The Morgan fingerprint density at radius 3 is 2.62 bits per heavy atom. The van der Waals surface area contributed by atoms with Gasteiger partial charge in [0.05, 0.1) is 5.69 Å². The van der Waals surface area contributed by atoms with Crippen LogP contribution in [0.25, 0.3) is 0 Å². The van der Waals surface area contributed by atoms with Crippen molar-refractivity contribution in [3.63, 3.8) is 0 Å². The highest BCUT2D eigenvalue weighted by atomic mass is 16.5. The second kappa shape index (κ2) is 6.73.